The van der Waals surface area contributed by atoms with E-state index in [9.17, 15) is 4.79 Å². The van der Waals surface area contributed by atoms with Gasteiger partial charge in [-0.3, -0.25) is 14.4 Å². The minimum absolute atomic E-state index is 0.0736. The molecule has 0 spiro atoms. The van der Waals surface area contributed by atoms with Crippen molar-refractivity contribution >= 4 is 34.7 Å². The van der Waals surface area contributed by atoms with E-state index in [1.807, 2.05) is 0 Å². The van der Waals surface area contributed by atoms with Crippen LogP contribution in [-0.2, 0) is 11.2 Å². The van der Waals surface area contributed by atoms with Gasteiger partial charge in [0.25, 0.3) is 5.91 Å². The lowest BCUT2D eigenvalue weighted by molar-refractivity contribution is -0.127. The van der Waals surface area contributed by atoms with E-state index in [0.717, 1.165) is 25.0 Å². The fourth-order valence-corrected chi connectivity index (χ4v) is 2.31. The molecule has 0 unspecified atom stereocenters. The number of unbranched alkanes of at least 4 members (excludes halogenated alkanes) is 1. The first-order valence-corrected chi connectivity index (χ1v) is 7.07. The first kappa shape index (κ1) is 15.4. The number of hydrogen-bond donors (Lipinski definition) is 4. The Labute approximate surface area is 127 Å². The SMILES string of the molecule is CCCCc1nc2c(N)cc(Cl)cn2c1NCC(=O)NO. The molecule has 1 amide bonds. The number of nitrogen functional groups attached to an aromatic ring is 1. The summed E-state index contributed by atoms with van der Waals surface area (Å²) in [6, 6.07) is 1.64. The molecule has 0 saturated heterocycles. The number of anilines is 2. The van der Waals surface area contributed by atoms with Crippen LogP contribution in [0.25, 0.3) is 5.65 Å². The Morgan fingerprint density at radius 2 is 2.33 bits per heavy atom. The number of nitrogens with zero attached hydrogens (tertiary/aromatic N) is 2. The fourth-order valence-electron chi connectivity index (χ4n) is 2.09. The summed E-state index contributed by atoms with van der Waals surface area (Å²) in [4.78, 5) is 15.7. The number of aromatic nitrogens is 2. The quantitative estimate of drug-likeness (QED) is 0.481. The number of imidazole rings is 1. The summed E-state index contributed by atoms with van der Waals surface area (Å²) in [6.07, 6.45) is 4.45. The molecule has 2 rings (SSSR count). The van der Waals surface area contributed by atoms with Crippen LogP contribution in [-0.4, -0.2) is 27.0 Å². The molecule has 0 saturated carbocycles. The highest BCUT2D eigenvalue weighted by Gasteiger charge is 2.15. The fraction of sp³-hybridized carbons (Fsp3) is 0.385. The summed E-state index contributed by atoms with van der Waals surface area (Å²) >= 11 is 6.02. The molecule has 2 aromatic heterocycles. The van der Waals surface area contributed by atoms with Gasteiger partial charge in [0.15, 0.2) is 5.65 Å². The van der Waals surface area contributed by atoms with Crippen molar-refractivity contribution < 1.29 is 10.0 Å². The van der Waals surface area contributed by atoms with E-state index in [2.05, 4.69) is 17.2 Å². The number of carbonyl (C=O) groups excluding carboxylic acids is 1. The highest BCUT2D eigenvalue weighted by molar-refractivity contribution is 6.30. The molecular formula is C13H18ClN5O2. The summed E-state index contributed by atoms with van der Waals surface area (Å²) in [5.41, 5.74) is 9.40. The first-order valence-electron chi connectivity index (χ1n) is 6.69. The van der Waals surface area contributed by atoms with Gasteiger partial charge in [-0.05, 0) is 18.9 Å². The van der Waals surface area contributed by atoms with Crippen LogP contribution in [0.3, 0.4) is 0 Å². The molecule has 0 radical (unpaired) electrons. The highest BCUT2D eigenvalue weighted by Crippen LogP contribution is 2.26. The molecule has 0 aliphatic rings. The van der Waals surface area contributed by atoms with Gasteiger partial charge >= 0.3 is 0 Å². The second-order valence-corrected chi connectivity index (χ2v) is 5.14. The van der Waals surface area contributed by atoms with Crippen molar-refractivity contribution in [2.75, 3.05) is 17.6 Å². The van der Waals surface area contributed by atoms with Crippen LogP contribution >= 0.6 is 11.6 Å². The molecule has 0 aliphatic heterocycles. The van der Waals surface area contributed by atoms with Crippen LogP contribution in [0, 0.1) is 0 Å². The van der Waals surface area contributed by atoms with Gasteiger partial charge in [-0.15, -0.1) is 0 Å². The van der Waals surface area contributed by atoms with Crippen LogP contribution in [0.5, 0.6) is 0 Å². The maximum Gasteiger partial charge on any atom is 0.262 e. The number of fused-ring (bicyclic) bond motifs is 1. The van der Waals surface area contributed by atoms with E-state index in [1.54, 1.807) is 22.1 Å². The van der Waals surface area contributed by atoms with Crippen molar-refractivity contribution in [1.29, 1.82) is 0 Å². The van der Waals surface area contributed by atoms with Gasteiger partial charge in [-0.1, -0.05) is 24.9 Å². The van der Waals surface area contributed by atoms with Gasteiger partial charge in [0.05, 0.1) is 22.9 Å². The molecule has 8 heteroatoms. The number of nitrogens with two attached hydrogens (primary N) is 1. The number of amides is 1. The van der Waals surface area contributed by atoms with Crippen molar-refractivity contribution in [2.45, 2.75) is 26.2 Å². The Bertz CT molecular complexity index is 656. The minimum Gasteiger partial charge on any atom is -0.396 e. The van der Waals surface area contributed by atoms with Crippen LogP contribution in [0.15, 0.2) is 12.3 Å². The number of carbonyl (C=O) groups is 1. The molecule has 0 bridgehead atoms. The highest BCUT2D eigenvalue weighted by atomic mass is 35.5. The molecular weight excluding hydrogens is 294 g/mol. The number of halogens is 1. The van der Waals surface area contributed by atoms with Crippen LogP contribution < -0.4 is 16.5 Å². The third kappa shape index (κ3) is 3.37. The Kier molecular flexibility index (Phi) is 4.87. The summed E-state index contributed by atoms with van der Waals surface area (Å²) in [7, 11) is 0. The number of nitrogens with one attached hydrogen (secondary N) is 2. The van der Waals surface area contributed by atoms with E-state index in [4.69, 9.17) is 22.5 Å². The Morgan fingerprint density at radius 1 is 1.57 bits per heavy atom. The molecule has 0 fully saturated rings. The van der Waals surface area contributed by atoms with Crippen molar-refractivity contribution in [3.05, 3.63) is 23.0 Å². The van der Waals surface area contributed by atoms with Crippen LogP contribution in [0.4, 0.5) is 11.5 Å². The predicted molar refractivity (Wildman–Crippen MR) is 81.6 cm³/mol. The van der Waals surface area contributed by atoms with E-state index < -0.39 is 5.91 Å². The lowest BCUT2D eigenvalue weighted by atomic mass is 10.2. The van der Waals surface area contributed by atoms with Gasteiger partial charge in [-0.25, -0.2) is 10.5 Å². The topological polar surface area (TPSA) is 105 Å². The van der Waals surface area contributed by atoms with Crippen molar-refractivity contribution in [3.63, 3.8) is 0 Å². The average molecular weight is 312 g/mol. The predicted octanol–water partition coefficient (Wildman–Crippen LogP) is 1.83. The summed E-state index contributed by atoms with van der Waals surface area (Å²) in [6.45, 7) is 2.02. The zero-order valence-electron chi connectivity index (χ0n) is 11.7. The van der Waals surface area contributed by atoms with Crippen molar-refractivity contribution in [1.82, 2.24) is 14.9 Å². The molecule has 5 N–H and O–H groups in total. The second kappa shape index (κ2) is 6.64. The maximum atomic E-state index is 11.2. The maximum absolute atomic E-state index is 11.2. The molecule has 21 heavy (non-hydrogen) atoms. The molecule has 0 aliphatic carbocycles. The summed E-state index contributed by atoms with van der Waals surface area (Å²) in [5.74, 6) is 0.123. The van der Waals surface area contributed by atoms with Crippen LogP contribution in [0.1, 0.15) is 25.5 Å². The van der Waals surface area contributed by atoms with E-state index in [-0.39, 0.29) is 6.54 Å². The Hall–Kier alpha value is -1.99. The summed E-state index contributed by atoms with van der Waals surface area (Å²) in [5, 5.41) is 12.0. The molecule has 2 heterocycles. The number of hydrogen-bond acceptors (Lipinski definition) is 5. The number of hydroxylamine groups is 1. The van der Waals surface area contributed by atoms with E-state index in [0.29, 0.717) is 22.2 Å². The smallest absolute Gasteiger partial charge is 0.262 e. The van der Waals surface area contributed by atoms with Crippen molar-refractivity contribution in [2.24, 2.45) is 0 Å². The standard InChI is InChI=1S/C13H18ClN5O2/c1-2-3-4-10-13(16-6-11(20)18-21)19-7-8(14)5-9(15)12(19)17-10/h5,7,16,21H,2-4,6,15H2,1H3,(H,18,20). The first-order chi connectivity index (χ1) is 10.1. The summed E-state index contributed by atoms with van der Waals surface area (Å²) < 4.78 is 1.73. The number of rotatable bonds is 6. The minimum atomic E-state index is -0.540. The van der Waals surface area contributed by atoms with Gasteiger partial charge in [-0.2, -0.15) is 0 Å². The molecule has 0 atom stereocenters. The van der Waals surface area contributed by atoms with Crippen molar-refractivity contribution in [3.8, 4) is 0 Å². The average Bonchev–Trinajstić information content (AvgIpc) is 2.80. The van der Waals surface area contributed by atoms with Gasteiger partial charge in [0.1, 0.15) is 5.82 Å². The third-order valence-electron chi connectivity index (χ3n) is 3.10. The second-order valence-electron chi connectivity index (χ2n) is 4.71. The molecule has 0 aromatic carbocycles. The Morgan fingerprint density at radius 3 is 3.00 bits per heavy atom. The monoisotopic (exact) mass is 311 g/mol. The Balaban J connectivity index is 2.43. The zero-order valence-corrected chi connectivity index (χ0v) is 12.4. The normalized spacial score (nSPS) is 10.8. The largest absolute Gasteiger partial charge is 0.396 e. The molecule has 114 valence electrons. The third-order valence-corrected chi connectivity index (χ3v) is 3.30. The zero-order chi connectivity index (χ0) is 15.4. The van der Waals surface area contributed by atoms with E-state index in [1.165, 1.54) is 0 Å². The van der Waals surface area contributed by atoms with Crippen LogP contribution in [0.2, 0.25) is 5.02 Å². The number of pyridine rings is 1. The molecule has 7 nitrogen and oxygen atoms in total. The lowest BCUT2D eigenvalue weighted by Crippen LogP contribution is -2.27. The van der Waals surface area contributed by atoms with Gasteiger partial charge in [0.2, 0.25) is 0 Å². The lowest BCUT2D eigenvalue weighted by Gasteiger charge is -2.08. The van der Waals surface area contributed by atoms with E-state index >= 15 is 0 Å². The van der Waals surface area contributed by atoms with Gasteiger partial charge < -0.3 is 11.1 Å². The number of aryl methyl sites for hydroxylation is 1. The van der Waals surface area contributed by atoms with Gasteiger partial charge in [0, 0.05) is 6.20 Å². The molecule has 2 aromatic rings.